The van der Waals surface area contributed by atoms with Crippen molar-refractivity contribution in [1.82, 2.24) is 0 Å². The summed E-state index contributed by atoms with van der Waals surface area (Å²) in [6.45, 7) is 2.28. The highest BCUT2D eigenvalue weighted by atomic mass is 19.1. The van der Waals surface area contributed by atoms with Gasteiger partial charge in [-0.05, 0) is 30.2 Å². The number of ether oxygens (including phenoxy) is 1. The van der Waals surface area contributed by atoms with Crippen molar-refractivity contribution < 1.29 is 9.13 Å². The van der Waals surface area contributed by atoms with E-state index in [2.05, 4.69) is 0 Å². The second-order valence-corrected chi connectivity index (χ2v) is 4.46. The van der Waals surface area contributed by atoms with Crippen LogP contribution in [-0.4, -0.2) is 0 Å². The minimum atomic E-state index is -0.243. The molecule has 2 nitrogen and oxygen atoms in total. The summed E-state index contributed by atoms with van der Waals surface area (Å²) in [6, 6.07) is 14.3. The molecule has 0 saturated heterocycles. The lowest BCUT2D eigenvalue weighted by atomic mass is 10.1. The van der Waals surface area contributed by atoms with E-state index in [0.717, 1.165) is 17.7 Å². The fourth-order valence-corrected chi connectivity index (χ4v) is 1.82. The van der Waals surface area contributed by atoms with Crippen LogP contribution in [0.5, 0.6) is 5.75 Å². The number of rotatable bonds is 5. The Hall–Kier alpha value is -1.87. The molecule has 2 aromatic rings. The molecule has 0 aliphatic carbocycles. The van der Waals surface area contributed by atoms with Crippen LogP contribution in [0, 0.1) is 5.82 Å². The van der Waals surface area contributed by atoms with Gasteiger partial charge in [-0.3, -0.25) is 0 Å². The summed E-state index contributed by atoms with van der Waals surface area (Å²) >= 11 is 0. The van der Waals surface area contributed by atoms with Crippen LogP contribution < -0.4 is 10.5 Å². The Morgan fingerprint density at radius 1 is 1.11 bits per heavy atom. The van der Waals surface area contributed by atoms with E-state index in [4.69, 9.17) is 10.5 Å². The third-order valence-electron chi connectivity index (χ3n) is 3.10. The number of benzene rings is 2. The number of hydrogen-bond donors (Lipinski definition) is 1. The molecule has 0 amide bonds. The van der Waals surface area contributed by atoms with Gasteiger partial charge in [0, 0.05) is 11.6 Å². The molecule has 0 radical (unpaired) electrons. The summed E-state index contributed by atoms with van der Waals surface area (Å²) < 4.78 is 19.0. The summed E-state index contributed by atoms with van der Waals surface area (Å²) in [5.41, 5.74) is 7.58. The molecule has 2 aromatic carbocycles. The smallest absolute Gasteiger partial charge is 0.129 e. The molecule has 2 N–H and O–H groups in total. The van der Waals surface area contributed by atoms with E-state index in [1.165, 1.54) is 6.07 Å². The van der Waals surface area contributed by atoms with Gasteiger partial charge < -0.3 is 10.5 Å². The maximum absolute atomic E-state index is 13.4. The lowest BCUT2D eigenvalue weighted by molar-refractivity contribution is 0.299. The summed E-state index contributed by atoms with van der Waals surface area (Å²) in [5, 5.41) is 0. The van der Waals surface area contributed by atoms with Crippen molar-refractivity contribution in [3.05, 3.63) is 65.5 Å². The first-order chi connectivity index (χ1) is 9.20. The molecule has 19 heavy (non-hydrogen) atoms. The molecule has 0 bridgehead atoms. The third kappa shape index (κ3) is 3.55. The summed E-state index contributed by atoms with van der Waals surface area (Å²) in [5.74, 6) is 0.474. The van der Waals surface area contributed by atoms with E-state index in [0.29, 0.717) is 5.56 Å². The number of hydrogen-bond acceptors (Lipinski definition) is 2. The Labute approximate surface area is 113 Å². The van der Waals surface area contributed by atoms with Crippen LogP contribution in [0.3, 0.4) is 0 Å². The van der Waals surface area contributed by atoms with Crippen LogP contribution in [-0.2, 0) is 6.61 Å². The average Bonchev–Trinajstić information content (AvgIpc) is 2.46. The van der Waals surface area contributed by atoms with Crippen LogP contribution in [0.2, 0.25) is 0 Å². The fourth-order valence-electron chi connectivity index (χ4n) is 1.82. The fraction of sp³-hybridized carbons (Fsp3) is 0.250. The van der Waals surface area contributed by atoms with Gasteiger partial charge in [-0.2, -0.15) is 0 Å². The Kier molecular flexibility index (Phi) is 4.53. The standard InChI is InChI=1S/C16H18FNO/c1-2-16(18)12-7-9-14(10-8-12)19-11-13-5-3-4-6-15(13)17/h3-10,16H,2,11,18H2,1H3/t16-/m0/s1. The first-order valence-corrected chi connectivity index (χ1v) is 6.42. The van der Waals surface area contributed by atoms with E-state index in [9.17, 15) is 4.39 Å². The maximum Gasteiger partial charge on any atom is 0.129 e. The molecule has 1 atom stereocenters. The van der Waals surface area contributed by atoms with Gasteiger partial charge in [0.1, 0.15) is 18.2 Å². The minimum Gasteiger partial charge on any atom is -0.489 e. The van der Waals surface area contributed by atoms with Crippen LogP contribution in [0.4, 0.5) is 4.39 Å². The van der Waals surface area contributed by atoms with Crippen molar-refractivity contribution in [2.75, 3.05) is 0 Å². The second kappa shape index (κ2) is 6.34. The molecule has 2 rings (SSSR count). The first-order valence-electron chi connectivity index (χ1n) is 6.42. The van der Waals surface area contributed by atoms with Crippen molar-refractivity contribution in [1.29, 1.82) is 0 Å². The first kappa shape index (κ1) is 13.6. The molecule has 0 heterocycles. The topological polar surface area (TPSA) is 35.2 Å². The Balaban J connectivity index is 1.99. The summed E-state index contributed by atoms with van der Waals surface area (Å²) in [6.07, 6.45) is 0.898. The molecule has 0 saturated carbocycles. The normalized spacial score (nSPS) is 12.2. The zero-order chi connectivity index (χ0) is 13.7. The lowest BCUT2D eigenvalue weighted by Gasteiger charge is -2.11. The van der Waals surface area contributed by atoms with Gasteiger partial charge in [-0.25, -0.2) is 4.39 Å². The highest BCUT2D eigenvalue weighted by Gasteiger charge is 2.04. The Morgan fingerprint density at radius 2 is 1.79 bits per heavy atom. The Bertz CT molecular complexity index is 525. The summed E-state index contributed by atoms with van der Waals surface area (Å²) in [7, 11) is 0. The largest absolute Gasteiger partial charge is 0.489 e. The van der Waals surface area contributed by atoms with Crippen LogP contribution >= 0.6 is 0 Å². The zero-order valence-corrected chi connectivity index (χ0v) is 11.0. The van der Waals surface area contributed by atoms with Crippen LogP contribution in [0.15, 0.2) is 48.5 Å². The molecule has 0 unspecified atom stereocenters. The van der Waals surface area contributed by atoms with Gasteiger partial charge in [-0.15, -0.1) is 0 Å². The SMILES string of the molecule is CC[C@H](N)c1ccc(OCc2ccccc2F)cc1. The van der Waals surface area contributed by atoms with Gasteiger partial charge >= 0.3 is 0 Å². The predicted octanol–water partition coefficient (Wildman–Crippen LogP) is 3.81. The maximum atomic E-state index is 13.4. The Morgan fingerprint density at radius 3 is 2.42 bits per heavy atom. The highest BCUT2D eigenvalue weighted by Crippen LogP contribution is 2.19. The van der Waals surface area contributed by atoms with Crippen molar-refractivity contribution >= 4 is 0 Å². The molecule has 0 aromatic heterocycles. The van der Waals surface area contributed by atoms with E-state index in [-0.39, 0.29) is 18.5 Å². The molecule has 0 spiro atoms. The highest BCUT2D eigenvalue weighted by molar-refractivity contribution is 5.29. The van der Waals surface area contributed by atoms with E-state index >= 15 is 0 Å². The van der Waals surface area contributed by atoms with Crippen LogP contribution in [0.1, 0.15) is 30.5 Å². The molecule has 3 heteroatoms. The molecular weight excluding hydrogens is 241 g/mol. The van der Waals surface area contributed by atoms with Gasteiger partial charge in [0.15, 0.2) is 0 Å². The molecular formula is C16H18FNO. The molecule has 0 aliphatic rings. The minimum absolute atomic E-state index is 0.0561. The van der Waals surface area contributed by atoms with Crippen molar-refractivity contribution in [3.8, 4) is 5.75 Å². The van der Waals surface area contributed by atoms with E-state index in [1.807, 2.05) is 31.2 Å². The van der Waals surface area contributed by atoms with E-state index in [1.54, 1.807) is 18.2 Å². The monoisotopic (exact) mass is 259 g/mol. The van der Waals surface area contributed by atoms with Gasteiger partial charge in [0.25, 0.3) is 0 Å². The number of nitrogens with two attached hydrogens (primary N) is 1. The second-order valence-electron chi connectivity index (χ2n) is 4.46. The van der Waals surface area contributed by atoms with E-state index < -0.39 is 0 Å². The molecule has 0 fully saturated rings. The average molecular weight is 259 g/mol. The molecule has 0 aliphatic heterocycles. The predicted molar refractivity (Wildman–Crippen MR) is 74.4 cm³/mol. The quantitative estimate of drug-likeness (QED) is 0.886. The van der Waals surface area contributed by atoms with Crippen molar-refractivity contribution in [3.63, 3.8) is 0 Å². The molecule has 100 valence electrons. The van der Waals surface area contributed by atoms with Crippen LogP contribution in [0.25, 0.3) is 0 Å². The van der Waals surface area contributed by atoms with Gasteiger partial charge in [0.2, 0.25) is 0 Å². The lowest BCUT2D eigenvalue weighted by Crippen LogP contribution is -2.08. The summed E-state index contributed by atoms with van der Waals surface area (Å²) in [4.78, 5) is 0. The number of halogens is 1. The van der Waals surface area contributed by atoms with Crippen molar-refractivity contribution in [2.45, 2.75) is 26.0 Å². The van der Waals surface area contributed by atoms with Gasteiger partial charge in [0.05, 0.1) is 0 Å². The van der Waals surface area contributed by atoms with Gasteiger partial charge in [-0.1, -0.05) is 37.3 Å². The third-order valence-corrected chi connectivity index (χ3v) is 3.10. The zero-order valence-electron chi connectivity index (χ0n) is 11.0. The van der Waals surface area contributed by atoms with Crippen molar-refractivity contribution in [2.24, 2.45) is 5.73 Å².